The van der Waals surface area contributed by atoms with Gasteiger partial charge in [-0.25, -0.2) is 4.89 Å². The molecule has 5 heteroatoms. The van der Waals surface area contributed by atoms with Crippen molar-refractivity contribution < 1.29 is 20.0 Å². The number of carbonyl (C=O) groups is 1. The van der Waals surface area contributed by atoms with E-state index in [2.05, 4.69) is 4.89 Å². The van der Waals surface area contributed by atoms with Crippen LogP contribution in [0.4, 0.5) is 0 Å². The summed E-state index contributed by atoms with van der Waals surface area (Å²) in [6.07, 6.45) is -0.0721. The smallest absolute Gasteiger partial charge is 0.222 e. The number of aliphatic hydroxyl groups is 1. The van der Waals surface area contributed by atoms with E-state index >= 15 is 0 Å². The summed E-state index contributed by atoms with van der Waals surface area (Å²) in [7, 11) is 0. The quantitative estimate of drug-likeness (QED) is 0.509. The number of hydrogen-bond donors (Lipinski definition) is 2. The Morgan fingerprint density at radius 1 is 1.71 bits per heavy atom. The lowest BCUT2D eigenvalue weighted by Crippen LogP contribution is -2.41. The maximum absolute atomic E-state index is 11.5. The van der Waals surface area contributed by atoms with Gasteiger partial charge in [0.25, 0.3) is 0 Å². The maximum atomic E-state index is 11.5. The topological polar surface area (TPSA) is 70.0 Å². The van der Waals surface area contributed by atoms with Gasteiger partial charge in [-0.1, -0.05) is 6.92 Å². The molecule has 1 fully saturated rings. The molecule has 0 aromatic heterocycles. The normalized spacial score (nSPS) is 29.3. The Balaban J connectivity index is 2.67. The minimum Gasteiger partial charge on any atom is -0.391 e. The van der Waals surface area contributed by atoms with Gasteiger partial charge >= 0.3 is 0 Å². The van der Waals surface area contributed by atoms with E-state index in [1.54, 1.807) is 18.7 Å². The Kier molecular flexibility index (Phi) is 3.86. The van der Waals surface area contributed by atoms with Crippen LogP contribution in [0.1, 0.15) is 26.7 Å². The first-order valence-electron chi connectivity index (χ1n) is 4.87. The van der Waals surface area contributed by atoms with Gasteiger partial charge < -0.3 is 10.0 Å². The SMILES string of the molecule is CCC(=O)N1CC(OO)CC1[C@@H](C)O. The molecule has 0 saturated carbocycles. The lowest BCUT2D eigenvalue weighted by atomic mass is 10.1. The third-order valence-corrected chi connectivity index (χ3v) is 2.63. The molecule has 0 aromatic rings. The summed E-state index contributed by atoms with van der Waals surface area (Å²) >= 11 is 0. The first kappa shape index (κ1) is 11.4. The molecule has 2 unspecified atom stereocenters. The van der Waals surface area contributed by atoms with Crippen LogP contribution in [-0.4, -0.2) is 46.0 Å². The van der Waals surface area contributed by atoms with Gasteiger partial charge in [-0.05, 0) is 6.92 Å². The summed E-state index contributed by atoms with van der Waals surface area (Å²) in [6.45, 7) is 3.77. The zero-order valence-corrected chi connectivity index (χ0v) is 8.51. The Labute approximate surface area is 83.2 Å². The van der Waals surface area contributed by atoms with E-state index in [0.717, 1.165) is 0 Å². The van der Waals surface area contributed by atoms with E-state index in [1.165, 1.54) is 0 Å². The Morgan fingerprint density at radius 3 is 2.79 bits per heavy atom. The summed E-state index contributed by atoms with van der Waals surface area (Å²) in [5.41, 5.74) is 0. The molecule has 0 radical (unpaired) electrons. The number of nitrogens with zero attached hydrogens (tertiary/aromatic N) is 1. The first-order chi connectivity index (χ1) is 6.60. The fourth-order valence-electron chi connectivity index (χ4n) is 1.85. The number of amides is 1. The molecular weight excluding hydrogens is 186 g/mol. The second-order valence-electron chi connectivity index (χ2n) is 3.67. The predicted molar refractivity (Wildman–Crippen MR) is 49.6 cm³/mol. The van der Waals surface area contributed by atoms with Crippen LogP contribution in [-0.2, 0) is 9.68 Å². The van der Waals surface area contributed by atoms with Crippen molar-refractivity contribution in [3.63, 3.8) is 0 Å². The third kappa shape index (κ3) is 2.23. The average molecular weight is 203 g/mol. The lowest BCUT2D eigenvalue weighted by molar-refractivity contribution is -0.274. The molecule has 0 bridgehead atoms. The number of rotatable bonds is 3. The first-order valence-corrected chi connectivity index (χ1v) is 4.87. The monoisotopic (exact) mass is 203 g/mol. The fourth-order valence-corrected chi connectivity index (χ4v) is 1.85. The molecule has 1 aliphatic rings. The third-order valence-electron chi connectivity index (χ3n) is 2.63. The lowest BCUT2D eigenvalue weighted by Gasteiger charge is -2.25. The van der Waals surface area contributed by atoms with Crippen molar-refractivity contribution >= 4 is 5.91 Å². The Hall–Kier alpha value is -0.650. The molecule has 5 nitrogen and oxygen atoms in total. The van der Waals surface area contributed by atoms with Crippen molar-refractivity contribution in [1.82, 2.24) is 4.90 Å². The summed E-state index contributed by atoms with van der Waals surface area (Å²) in [6, 6.07) is -0.236. The van der Waals surface area contributed by atoms with Crippen molar-refractivity contribution in [2.24, 2.45) is 0 Å². The Morgan fingerprint density at radius 2 is 2.36 bits per heavy atom. The summed E-state index contributed by atoms with van der Waals surface area (Å²) in [5.74, 6) is -0.0181. The minimum absolute atomic E-state index is 0.0181. The average Bonchev–Trinajstić information content (AvgIpc) is 2.60. The molecule has 1 amide bonds. The molecule has 2 N–H and O–H groups in total. The van der Waals surface area contributed by atoms with Crippen molar-refractivity contribution in [1.29, 1.82) is 0 Å². The zero-order valence-electron chi connectivity index (χ0n) is 8.51. The Bertz CT molecular complexity index is 207. The van der Waals surface area contributed by atoms with Gasteiger partial charge in [0.1, 0.15) is 6.10 Å². The van der Waals surface area contributed by atoms with Crippen LogP contribution in [0, 0.1) is 0 Å². The maximum Gasteiger partial charge on any atom is 0.222 e. The molecular formula is C9H17NO4. The van der Waals surface area contributed by atoms with E-state index in [4.69, 9.17) is 5.26 Å². The molecule has 1 saturated heterocycles. The highest BCUT2D eigenvalue weighted by Crippen LogP contribution is 2.23. The molecule has 0 aromatic carbocycles. The highest BCUT2D eigenvalue weighted by molar-refractivity contribution is 5.76. The molecule has 82 valence electrons. The molecule has 14 heavy (non-hydrogen) atoms. The largest absolute Gasteiger partial charge is 0.391 e. The van der Waals surface area contributed by atoms with Gasteiger partial charge in [0.15, 0.2) is 0 Å². The summed E-state index contributed by atoms with van der Waals surface area (Å²) in [4.78, 5) is 17.3. The van der Waals surface area contributed by atoms with Crippen LogP contribution >= 0.6 is 0 Å². The predicted octanol–water partition coefficient (Wildman–Crippen LogP) is 0.236. The van der Waals surface area contributed by atoms with Crippen LogP contribution < -0.4 is 0 Å². The van der Waals surface area contributed by atoms with Gasteiger partial charge in [0, 0.05) is 12.8 Å². The van der Waals surface area contributed by atoms with Crippen LogP contribution in [0.3, 0.4) is 0 Å². The van der Waals surface area contributed by atoms with Gasteiger partial charge in [-0.2, -0.15) is 0 Å². The highest BCUT2D eigenvalue weighted by atomic mass is 17.1. The van der Waals surface area contributed by atoms with Crippen molar-refractivity contribution in [2.45, 2.75) is 44.9 Å². The van der Waals surface area contributed by atoms with Crippen LogP contribution in [0.2, 0.25) is 0 Å². The molecule has 0 spiro atoms. The van der Waals surface area contributed by atoms with Crippen molar-refractivity contribution in [2.75, 3.05) is 6.54 Å². The molecule has 1 aliphatic heterocycles. The van der Waals surface area contributed by atoms with Gasteiger partial charge in [0.2, 0.25) is 5.91 Å². The number of hydrogen-bond acceptors (Lipinski definition) is 4. The summed E-state index contributed by atoms with van der Waals surface area (Å²) < 4.78 is 0. The van der Waals surface area contributed by atoms with Crippen molar-refractivity contribution in [3.05, 3.63) is 0 Å². The van der Waals surface area contributed by atoms with E-state index < -0.39 is 6.10 Å². The van der Waals surface area contributed by atoms with Crippen molar-refractivity contribution in [3.8, 4) is 0 Å². The number of likely N-dealkylation sites (tertiary alicyclic amines) is 1. The second-order valence-corrected chi connectivity index (χ2v) is 3.67. The van der Waals surface area contributed by atoms with Gasteiger partial charge in [0.05, 0.1) is 18.7 Å². The molecule has 3 atom stereocenters. The van der Waals surface area contributed by atoms with Gasteiger partial charge in [-0.15, -0.1) is 0 Å². The second kappa shape index (κ2) is 4.72. The van der Waals surface area contributed by atoms with E-state index in [0.29, 0.717) is 19.4 Å². The minimum atomic E-state index is -0.592. The number of aliphatic hydroxyl groups excluding tert-OH is 1. The highest BCUT2D eigenvalue weighted by Gasteiger charge is 2.37. The zero-order chi connectivity index (χ0) is 10.7. The van der Waals surface area contributed by atoms with E-state index in [-0.39, 0.29) is 18.1 Å². The van der Waals surface area contributed by atoms with Crippen LogP contribution in [0.5, 0.6) is 0 Å². The number of carbonyl (C=O) groups excluding carboxylic acids is 1. The molecule has 1 heterocycles. The summed E-state index contributed by atoms with van der Waals surface area (Å²) in [5, 5.41) is 18.0. The van der Waals surface area contributed by atoms with Crippen LogP contribution in [0.15, 0.2) is 0 Å². The molecule has 0 aliphatic carbocycles. The van der Waals surface area contributed by atoms with E-state index in [9.17, 15) is 9.90 Å². The fraction of sp³-hybridized carbons (Fsp3) is 0.889. The van der Waals surface area contributed by atoms with Crippen LogP contribution in [0.25, 0.3) is 0 Å². The standard InChI is InChI=1S/C9H17NO4/c1-3-9(12)10-5-7(14-13)4-8(10)6(2)11/h6-8,11,13H,3-5H2,1-2H3/t6-,7?,8?/m1/s1. The van der Waals surface area contributed by atoms with Gasteiger partial charge in [-0.3, -0.25) is 10.1 Å². The molecule has 1 rings (SSSR count). The van der Waals surface area contributed by atoms with E-state index in [1.807, 2.05) is 0 Å².